The maximum atomic E-state index is 12.9. The van der Waals surface area contributed by atoms with Crippen LogP contribution in [0.25, 0.3) is 11.1 Å². The first-order valence-corrected chi connectivity index (χ1v) is 11.4. The van der Waals surface area contributed by atoms with Gasteiger partial charge in [0.2, 0.25) is 0 Å². The Bertz CT molecular complexity index is 1470. The van der Waals surface area contributed by atoms with Crippen molar-refractivity contribution in [2.45, 2.75) is 18.8 Å². The zero-order valence-corrected chi connectivity index (χ0v) is 20.8. The number of benzene rings is 4. The van der Waals surface area contributed by atoms with E-state index in [9.17, 15) is 46.8 Å². The van der Waals surface area contributed by atoms with Crippen LogP contribution in [0.1, 0.15) is 22.3 Å². The van der Waals surface area contributed by atoms with Crippen LogP contribution < -0.4 is 22.9 Å². The fraction of sp³-hybridized carbons (Fsp3) is 0.111. The first-order valence-electron chi connectivity index (χ1n) is 11.4. The van der Waals surface area contributed by atoms with E-state index in [1.807, 2.05) is 12.1 Å². The first kappa shape index (κ1) is 30.4. The Balaban J connectivity index is 0.000000239. The van der Waals surface area contributed by atoms with Crippen LogP contribution in [-0.2, 0) is 18.8 Å². The van der Waals surface area contributed by atoms with E-state index >= 15 is 0 Å². The molecule has 218 valence electrons. The summed E-state index contributed by atoms with van der Waals surface area (Å²) in [6.07, 6.45) is -9.30. The van der Waals surface area contributed by atoms with Crippen LogP contribution in [0.4, 0.5) is 49.1 Å². The second kappa shape index (κ2) is 11.2. The summed E-state index contributed by atoms with van der Waals surface area (Å²) in [4.78, 5) is 0. The predicted octanol–water partition coefficient (Wildman–Crippen LogP) is 5.82. The normalized spacial score (nSPS) is 11.6. The van der Waals surface area contributed by atoms with Crippen molar-refractivity contribution in [1.29, 1.82) is 0 Å². The molecule has 0 saturated heterocycles. The Kier molecular flexibility index (Phi) is 8.27. The number of halogens is 6. The molecular formula is C27H24F6N4O4. The van der Waals surface area contributed by atoms with Crippen LogP contribution >= 0.6 is 0 Å². The molecule has 0 radical (unpaired) electrons. The SMILES string of the molecule is Nc1cc(-c2cc(O)c(N)c(C(F)(F)F)c2)cc(C(F)(F)F)c1O.Nc1ccc(Cc2ccc(N)c(O)c2)cc1O. The molecular weight excluding hydrogens is 558 g/mol. The van der Waals surface area contributed by atoms with E-state index in [-0.39, 0.29) is 17.1 Å². The predicted molar refractivity (Wildman–Crippen MR) is 142 cm³/mol. The zero-order chi connectivity index (χ0) is 30.9. The molecule has 41 heavy (non-hydrogen) atoms. The second-order valence-electron chi connectivity index (χ2n) is 8.88. The Labute approximate surface area is 228 Å². The summed E-state index contributed by atoms with van der Waals surface area (Å²) in [7, 11) is 0. The Morgan fingerprint density at radius 2 is 0.951 bits per heavy atom. The number of anilines is 4. The minimum atomic E-state index is -4.98. The van der Waals surface area contributed by atoms with Gasteiger partial charge in [-0.1, -0.05) is 12.1 Å². The second-order valence-corrected chi connectivity index (χ2v) is 8.88. The van der Waals surface area contributed by atoms with Gasteiger partial charge in [0.15, 0.2) is 5.75 Å². The van der Waals surface area contributed by atoms with E-state index in [1.165, 1.54) is 0 Å². The molecule has 0 aliphatic carbocycles. The summed E-state index contributed by atoms with van der Waals surface area (Å²) < 4.78 is 77.3. The van der Waals surface area contributed by atoms with E-state index in [2.05, 4.69) is 0 Å². The van der Waals surface area contributed by atoms with Gasteiger partial charge in [-0.25, -0.2) is 0 Å². The third-order valence-corrected chi connectivity index (χ3v) is 5.84. The molecule has 0 unspecified atom stereocenters. The largest absolute Gasteiger partial charge is 0.506 e. The third-order valence-electron chi connectivity index (χ3n) is 5.84. The van der Waals surface area contributed by atoms with Crippen molar-refractivity contribution in [1.82, 2.24) is 0 Å². The van der Waals surface area contributed by atoms with Crippen molar-refractivity contribution in [3.8, 4) is 34.1 Å². The topological polar surface area (TPSA) is 185 Å². The monoisotopic (exact) mass is 582 g/mol. The maximum absolute atomic E-state index is 12.9. The molecule has 0 spiro atoms. The van der Waals surface area contributed by atoms with Crippen molar-refractivity contribution in [2.75, 3.05) is 22.9 Å². The highest BCUT2D eigenvalue weighted by Gasteiger charge is 2.37. The summed E-state index contributed by atoms with van der Waals surface area (Å²) in [5, 5.41) is 37.9. The molecule has 0 aliphatic rings. The molecule has 4 rings (SSSR count). The number of hydrogen-bond donors (Lipinski definition) is 8. The van der Waals surface area contributed by atoms with E-state index in [0.717, 1.165) is 23.3 Å². The van der Waals surface area contributed by atoms with Crippen molar-refractivity contribution in [3.63, 3.8) is 0 Å². The van der Waals surface area contributed by atoms with E-state index in [4.69, 9.17) is 22.9 Å². The first-order chi connectivity index (χ1) is 18.9. The molecule has 4 aromatic rings. The van der Waals surface area contributed by atoms with Gasteiger partial charge >= 0.3 is 12.4 Å². The van der Waals surface area contributed by atoms with Gasteiger partial charge in [-0.05, 0) is 77.2 Å². The summed E-state index contributed by atoms with van der Waals surface area (Å²) >= 11 is 0. The van der Waals surface area contributed by atoms with Gasteiger partial charge in [0.25, 0.3) is 0 Å². The van der Waals surface area contributed by atoms with Crippen molar-refractivity contribution in [2.24, 2.45) is 0 Å². The van der Waals surface area contributed by atoms with Gasteiger partial charge in [0.05, 0.1) is 33.9 Å². The number of hydrogen-bond acceptors (Lipinski definition) is 8. The molecule has 0 aromatic heterocycles. The number of phenolic OH excluding ortho intramolecular Hbond substituents is 4. The summed E-state index contributed by atoms with van der Waals surface area (Å²) in [5.74, 6) is -2.04. The van der Waals surface area contributed by atoms with Crippen molar-refractivity contribution < 1.29 is 46.8 Å². The molecule has 4 aromatic carbocycles. The molecule has 14 heteroatoms. The Morgan fingerprint density at radius 1 is 0.512 bits per heavy atom. The molecule has 0 fully saturated rings. The lowest BCUT2D eigenvalue weighted by atomic mass is 9.97. The summed E-state index contributed by atoms with van der Waals surface area (Å²) in [5.41, 5.74) is 18.7. The van der Waals surface area contributed by atoms with Crippen LogP contribution in [-0.4, -0.2) is 20.4 Å². The van der Waals surface area contributed by atoms with Gasteiger partial charge in [0, 0.05) is 0 Å². The van der Waals surface area contributed by atoms with Crippen molar-refractivity contribution in [3.05, 3.63) is 82.9 Å². The van der Waals surface area contributed by atoms with Gasteiger partial charge < -0.3 is 43.4 Å². The van der Waals surface area contributed by atoms with Crippen LogP contribution in [0.15, 0.2) is 60.7 Å². The number of nitrogens with two attached hydrogens (primary N) is 4. The van der Waals surface area contributed by atoms with Crippen LogP contribution in [0.5, 0.6) is 23.0 Å². The number of phenols is 4. The summed E-state index contributed by atoms with van der Waals surface area (Å²) in [6, 6.07) is 12.8. The van der Waals surface area contributed by atoms with Gasteiger partial charge in [0.1, 0.15) is 17.2 Å². The van der Waals surface area contributed by atoms with Gasteiger partial charge in [-0.3, -0.25) is 0 Å². The molecule has 0 heterocycles. The lowest BCUT2D eigenvalue weighted by Crippen LogP contribution is -2.10. The fourth-order valence-electron chi connectivity index (χ4n) is 3.71. The zero-order valence-electron chi connectivity index (χ0n) is 20.8. The number of aromatic hydroxyl groups is 4. The molecule has 12 N–H and O–H groups in total. The molecule has 8 nitrogen and oxygen atoms in total. The van der Waals surface area contributed by atoms with Gasteiger partial charge in [-0.15, -0.1) is 0 Å². The average molecular weight is 583 g/mol. The highest BCUT2D eigenvalue weighted by molar-refractivity contribution is 5.77. The smallest absolute Gasteiger partial charge is 0.420 e. The molecule has 0 saturated carbocycles. The molecule has 0 amide bonds. The van der Waals surface area contributed by atoms with Crippen LogP contribution in [0, 0.1) is 0 Å². The Morgan fingerprint density at radius 3 is 1.39 bits per heavy atom. The van der Waals surface area contributed by atoms with E-state index < -0.39 is 51.9 Å². The summed E-state index contributed by atoms with van der Waals surface area (Å²) in [6.45, 7) is 0. The van der Waals surface area contributed by atoms with E-state index in [1.54, 1.807) is 24.3 Å². The quantitative estimate of drug-likeness (QED) is 0.0843. The number of rotatable bonds is 3. The maximum Gasteiger partial charge on any atom is 0.420 e. The lowest BCUT2D eigenvalue weighted by Gasteiger charge is -2.16. The Hall–Kier alpha value is -5.14. The molecule has 0 bridgehead atoms. The number of nitrogen functional groups attached to an aromatic ring is 4. The highest BCUT2D eigenvalue weighted by Crippen LogP contribution is 2.45. The average Bonchev–Trinajstić information content (AvgIpc) is 2.86. The number of alkyl halides is 6. The lowest BCUT2D eigenvalue weighted by molar-refractivity contribution is -0.139. The van der Waals surface area contributed by atoms with Crippen LogP contribution in [0.2, 0.25) is 0 Å². The minimum Gasteiger partial charge on any atom is -0.506 e. The van der Waals surface area contributed by atoms with Crippen molar-refractivity contribution >= 4 is 22.7 Å². The molecule has 0 aliphatic heterocycles. The van der Waals surface area contributed by atoms with Gasteiger partial charge in [-0.2, -0.15) is 26.3 Å². The highest BCUT2D eigenvalue weighted by atomic mass is 19.4. The van der Waals surface area contributed by atoms with Crippen LogP contribution in [0.3, 0.4) is 0 Å². The minimum absolute atomic E-state index is 0.0715. The standard InChI is InChI=1S/C14H10F6N2O2.C13H14N2O2/c15-13(16,17)7-1-6(4-10(23)11(7)22)5-2-8(14(18,19)20)12(24)9(21)3-5;14-10-3-1-8(6-12(10)16)5-9-2-4-11(15)13(17)7-9/h1-4,23-24H,21-22H2;1-4,6-7,16-17H,5,14-15H2. The molecule has 0 atom stereocenters. The third kappa shape index (κ3) is 7.09. The fourth-order valence-corrected chi connectivity index (χ4v) is 3.71. The van der Waals surface area contributed by atoms with E-state index in [0.29, 0.717) is 29.9 Å².